The summed E-state index contributed by atoms with van der Waals surface area (Å²) in [6, 6.07) is 3.59. The molecule has 0 amide bonds. The highest BCUT2D eigenvalue weighted by atomic mass is 16.5. The molecule has 0 saturated carbocycles. The maximum Gasteiger partial charge on any atom is 0.204 e. The van der Waals surface area contributed by atoms with Gasteiger partial charge < -0.3 is 15.0 Å². The Morgan fingerprint density at radius 1 is 1.53 bits per heavy atom. The number of H-pyrrole nitrogens is 1. The molecule has 1 aromatic rings. The van der Waals surface area contributed by atoms with Crippen LogP contribution in [0.3, 0.4) is 0 Å². The minimum Gasteiger partial charge on any atom is -0.373 e. The zero-order valence-electron chi connectivity index (χ0n) is 10.1. The van der Waals surface area contributed by atoms with E-state index in [-0.39, 0.29) is 12.4 Å². The fourth-order valence-electron chi connectivity index (χ4n) is 2.17. The van der Waals surface area contributed by atoms with E-state index in [9.17, 15) is 4.79 Å². The quantitative estimate of drug-likeness (QED) is 0.582. The summed E-state index contributed by atoms with van der Waals surface area (Å²) in [6.45, 7) is 3.09. The van der Waals surface area contributed by atoms with Crippen molar-refractivity contribution in [1.82, 2.24) is 10.3 Å². The number of hydrogen-bond acceptors (Lipinski definition) is 3. The van der Waals surface area contributed by atoms with Crippen molar-refractivity contribution in [1.29, 1.82) is 0 Å². The van der Waals surface area contributed by atoms with Gasteiger partial charge in [0.15, 0.2) is 0 Å². The smallest absolute Gasteiger partial charge is 0.204 e. The van der Waals surface area contributed by atoms with Crippen LogP contribution in [0.4, 0.5) is 0 Å². The Labute approximate surface area is 102 Å². The number of aromatic nitrogens is 1. The Morgan fingerprint density at radius 2 is 2.47 bits per heavy atom. The third-order valence-electron chi connectivity index (χ3n) is 3.20. The lowest BCUT2D eigenvalue weighted by atomic mass is 9.97. The predicted octanol–water partition coefficient (Wildman–Crippen LogP) is 1.60. The van der Waals surface area contributed by atoms with Crippen molar-refractivity contribution in [2.24, 2.45) is 5.92 Å². The molecule has 4 nitrogen and oxygen atoms in total. The summed E-state index contributed by atoms with van der Waals surface area (Å²) in [5, 5.41) is 3.38. The standard InChI is InChI=1S/C13H20N2O2/c16-13(12-4-2-7-15-12)10-17-8-5-11-3-1-6-14-9-11/h2,4,7,11,14-15H,1,3,5-6,8-10H2/t11-/m0/s1. The molecule has 2 rings (SSSR count). The molecule has 2 heterocycles. The van der Waals surface area contributed by atoms with Crippen LogP contribution in [0.2, 0.25) is 0 Å². The molecule has 0 aliphatic carbocycles. The van der Waals surface area contributed by atoms with E-state index in [1.807, 2.05) is 6.07 Å². The number of ether oxygens (including phenoxy) is 1. The Balaban J connectivity index is 1.58. The van der Waals surface area contributed by atoms with Gasteiger partial charge in [0.1, 0.15) is 6.61 Å². The summed E-state index contributed by atoms with van der Waals surface area (Å²) in [4.78, 5) is 14.5. The Morgan fingerprint density at radius 3 is 3.18 bits per heavy atom. The second kappa shape index (κ2) is 6.57. The van der Waals surface area contributed by atoms with Crippen LogP contribution < -0.4 is 5.32 Å². The number of carbonyl (C=O) groups is 1. The van der Waals surface area contributed by atoms with Crippen molar-refractivity contribution >= 4 is 5.78 Å². The summed E-state index contributed by atoms with van der Waals surface area (Å²) >= 11 is 0. The molecule has 0 aromatic carbocycles. The average molecular weight is 236 g/mol. The number of ketones is 1. The highest BCUT2D eigenvalue weighted by Crippen LogP contribution is 2.13. The van der Waals surface area contributed by atoms with Crippen LogP contribution in [-0.2, 0) is 4.74 Å². The van der Waals surface area contributed by atoms with E-state index in [2.05, 4.69) is 10.3 Å². The molecular formula is C13H20N2O2. The highest BCUT2D eigenvalue weighted by Gasteiger charge is 2.13. The van der Waals surface area contributed by atoms with Gasteiger partial charge in [0.05, 0.1) is 5.69 Å². The third kappa shape index (κ3) is 3.98. The van der Waals surface area contributed by atoms with Crippen LogP contribution in [0.25, 0.3) is 0 Å². The van der Waals surface area contributed by atoms with Gasteiger partial charge in [-0.05, 0) is 50.4 Å². The van der Waals surface area contributed by atoms with Crippen molar-refractivity contribution in [2.75, 3.05) is 26.3 Å². The molecule has 0 bridgehead atoms. The van der Waals surface area contributed by atoms with Crippen molar-refractivity contribution < 1.29 is 9.53 Å². The summed E-state index contributed by atoms with van der Waals surface area (Å²) < 4.78 is 5.42. The van der Waals surface area contributed by atoms with Gasteiger partial charge in [0, 0.05) is 12.8 Å². The zero-order valence-corrected chi connectivity index (χ0v) is 10.1. The molecule has 2 N–H and O–H groups in total. The minimum atomic E-state index is 0.0248. The van der Waals surface area contributed by atoms with Crippen LogP contribution in [0.5, 0.6) is 0 Å². The number of Topliss-reactive ketones (excluding diaryl/α,β-unsaturated/α-hetero) is 1. The van der Waals surface area contributed by atoms with E-state index in [4.69, 9.17) is 4.74 Å². The van der Waals surface area contributed by atoms with E-state index in [1.165, 1.54) is 12.8 Å². The fraction of sp³-hybridized carbons (Fsp3) is 0.615. The van der Waals surface area contributed by atoms with Crippen molar-refractivity contribution in [3.63, 3.8) is 0 Å². The summed E-state index contributed by atoms with van der Waals surface area (Å²) in [7, 11) is 0. The number of nitrogens with one attached hydrogen (secondary N) is 2. The molecular weight excluding hydrogens is 216 g/mol. The van der Waals surface area contributed by atoms with Crippen molar-refractivity contribution in [3.8, 4) is 0 Å². The van der Waals surface area contributed by atoms with E-state index in [0.717, 1.165) is 19.5 Å². The summed E-state index contributed by atoms with van der Waals surface area (Å²) in [6.07, 6.45) is 5.33. The number of piperidine rings is 1. The van der Waals surface area contributed by atoms with Gasteiger partial charge in [0.2, 0.25) is 5.78 Å². The van der Waals surface area contributed by atoms with Gasteiger partial charge in [-0.2, -0.15) is 0 Å². The van der Waals surface area contributed by atoms with E-state index in [0.29, 0.717) is 18.2 Å². The first-order valence-corrected chi connectivity index (χ1v) is 6.31. The minimum absolute atomic E-state index is 0.0248. The van der Waals surface area contributed by atoms with Gasteiger partial charge in [-0.1, -0.05) is 0 Å². The Bertz CT molecular complexity index is 329. The molecule has 4 heteroatoms. The van der Waals surface area contributed by atoms with Crippen molar-refractivity contribution in [3.05, 3.63) is 24.0 Å². The topological polar surface area (TPSA) is 54.1 Å². The zero-order chi connectivity index (χ0) is 11.9. The van der Waals surface area contributed by atoms with Crippen LogP contribution in [0.15, 0.2) is 18.3 Å². The molecule has 1 aliphatic rings. The van der Waals surface area contributed by atoms with Gasteiger partial charge in [-0.3, -0.25) is 4.79 Å². The lowest BCUT2D eigenvalue weighted by Gasteiger charge is -2.22. The second-order valence-corrected chi connectivity index (χ2v) is 4.56. The Kier molecular flexibility index (Phi) is 4.76. The van der Waals surface area contributed by atoms with Crippen LogP contribution in [0, 0.1) is 5.92 Å². The lowest BCUT2D eigenvalue weighted by molar-refractivity contribution is 0.0721. The monoisotopic (exact) mass is 236 g/mol. The van der Waals surface area contributed by atoms with E-state index in [1.54, 1.807) is 12.3 Å². The molecule has 1 atom stereocenters. The SMILES string of the molecule is O=C(COCC[C@@H]1CCCNC1)c1ccc[nH]1. The first-order chi connectivity index (χ1) is 8.36. The second-order valence-electron chi connectivity index (χ2n) is 4.56. The average Bonchev–Trinajstić information content (AvgIpc) is 2.89. The number of carbonyl (C=O) groups excluding carboxylic acids is 1. The van der Waals surface area contributed by atoms with Crippen molar-refractivity contribution in [2.45, 2.75) is 19.3 Å². The van der Waals surface area contributed by atoms with Crippen LogP contribution in [0.1, 0.15) is 29.8 Å². The third-order valence-corrected chi connectivity index (χ3v) is 3.20. The number of aromatic amines is 1. The lowest BCUT2D eigenvalue weighted by Crippen LogP contribution is -2.30. The molecule has 17 heavy (non-hydrogen) atoms. The van der Waals surface area contributed by atoms with E-state index >= 15 is 0 Å². The molecule has 1 aromatic heterocycles. The molecule has 0 unspecified atom stereocenters. The molecule has 1 fully saturated rings. The fourth-order valence-corrected chi connectivity index (χ4v) is 2.17. The summed E-state index contributed by atoms with van der Waals surface area (Å²) in [5.41, 5.74) is 0.629. The first kappa shape index (κ1) is 12.3. The first-order valence-electron chi connectivity index (χ1n) is 6.31. The predicted molar refractivity (Wildman–Crippen MR) is 66.2 cm³/mol. The number of hydrogen-bond donors (Lipinski definition) is 2. The maximum absolute atomic E-state index is 11.6. The van der Waals surface area contributed by atoms with Gasteiger partial charge in [-0.15, -0.1) is 0 Å². The number of rotatable bonds is 6. The maximum atomic E-state index is 11.6. The highest BCUT2D eigenvalue weighted by molar-refractivity contribution is 5.95. The molecule has 94 valence electrons. The Hall–Kier alpha value is -1.13. The van der Waals surface area contributed by atoms with Crippen LogP contribution in [-0.4, -0.2) is 37.1 Å². The normalized spacial score (nSPS) is 20.4. The molecule has 1 aliphatic heterocycles. The van der Waals surface area contributed by atoms with Gasteiger partial charge in [-0.25, -0.2) is 0 Å². The van der Waals surface area contributed by atoms with E-state index < -0.39 is 0 Å². The summed E-state index contributed by atoms with van der Waals surface area (Å²) in [5.74, 6) is 0.737. The van der Waals surface area contributed by atoms with Crippen LogP contribution >= 0.6 is 0 Å². The molecule has 1 saturated heterocycles. The molecule has 0 spiro atoms. The molecule has 0 radical (unpaired) electrons. The van der Waals surface area contributed by atoms with Gasteiger partial charge >= 0.3 is 0 Å². The largest absolute Gasteiger partial charge is 0.373 e. The van der Waals surface area contributed by atoms with Gasteiger partial charge in [0.25, 0.3) is 0 Å².